The van der Waals surface area contributed by atoms with E-state index in [1.165, 1.54) is 30.7 Å². The maximum atomic E-state index is 14.5. The van der Waals surface area contributed by atoms with E-state index in [0.29, 0.717) is 5.92 Å². The molecule has 1 aliphatic rings. The summed E-state index contributed by atoms with van der Waals surface area (Å²) in [6.45, 7) is 4.02. The van der Waals surface area contributed by atoms with E-state index in [9.17, 15) is 18.0 Å². The molecule has 30 heavy (non-hydrogen) atoms. The molecule has 1 aliphatic carbocycles. The molecule has 0 atom stereocenters. The fraction of sp³-hybridized carbons (Fsp3) is 0.458. The Morgan fingerprint density at radius 2 is 1.67 bits per heavy atom. The van der Waals surface area contributed by atoms with E-state index in [4.69, 9.17) is 9.47 Å². The first-order valence-electron chi connectivity index (χ1n) is 10.6. The van der Waals surface area contributed by atoms with Gasteiger partial charge in [0.15, 0.2) is 23.1 Å². The minimum Gasteiger partial charge on any atom is -0.491 e. The number of esters is 1. The fourth-order valence-electron chi connectivity index (χ4n) is 4.06. The van der Waals surface area contributed by atoms with Crippen molar-refractivity contribution in [2.24, 2.45) is 11.8 Å². The Bertz CT molecular complexity index is 890. The number of hydrogen-bond donors (Lipinski definition) is 0. The highest BCUT2D eigenvalue weighted by Gasteiger charge is 2.28. The molecule has 0 aliphatic heterocycles. The van der Waals surface area contributed by atoms with Crippen molar-refractivity contribution < 1.29 is 27.4 Å². The van der Waals surface area contributed by atoms with Crippen LogP contribution in [0.2, 0.25) is 0 Å². The van der Waals surface area contributed by atoms with Gasteiger partial charge in [0.1, 0.15) is 0 Å². The van der Waals surface area contributed by atoms with E-state index in [1.54, 1.807) is 6.92 Å². The Balaban J connectivity index is 1.70. The molecule has 0 amide bonds. The summed E-state index contributed by atoms with van der Waals surface area (Å²) in [5.74, 6) is -3.44. The van der Waals surface area contributed by atoms with Crippen molar-refractivity contribution in [2.45, 2.75) is 52.4 Å². The summed E-state index contributed by atoms with van der Waals surface area (Å²) < 4.78 is 53.3. The summed E-state index contributed by atoms with van der Waals surface area (Å²) >= 11 is 0. The lowest BCUT2D eigenvalue weighted by Crippen LogP contribution is -2.26. The third kappa shape index (κ3) is 4.97. The van der Waals surface area contributed by atoms with Crippen LogP contribution in [-0.4, -0.2) is 12.6 Å². The minimum atomic E-state index is -1.12. The molecule has 0 bridgehead atoms. The molecule has 0 saturated heterocycles. The molecule has 3 nitrogen and oxygen atoms in total. The molecule has 2 aromatic carbocycles. The van der Waals surface area contributed by atoms with Gasteiger partial charge in [0.05, 0.1) is 12.5 Å². The summed E-state index contributed by atoms with van der Waals surface area (Å²) in [5.41, 5.74) is 0.0498. The van der Waals surface area contributed by atoms with Crippen LogP contribution in [0.5, 0.6) is 11.5 Å². The number of hydrogen-bond acceptors (Lipinski definition) is 3. The van der Waals surface area contributed by atoms with Crippen LogP contribution in [0, 0.1) is 29.3 Å². The van der Waals surface area contributed by atoms with Gasteiger partial charge in [-0.3, -0.25) is 4.79 Å². The van der Waals surface area contributed by atoms with Crippen molar-refractivity contribution >= 4 is 5.97 Å². The third-order valence-electron chi connectivity index (χ3n) is 5.68. The topological polar surface area (TPSA) is 35.5 Å². The molecule has 1 fully saturated rings. The van der Waals surface area contributed by atoms with Crippen LogP contribution in [0.3, 0.4) is 0 Å². The minimum absolute atomic E-state index is 0.0954. The number of halogens is 3. The Kier molecular flexibility index (Phi) is 7.40. The van der Waals surface area contributed by atoms with Gasteiger partial charge < -0.3 is 9.47 Å². The normalized spacial score (nSPS) is 18.8. The second kappa shape index (κ2) is 10.0. The van der Waals surface area contributed by atoms with Crippen LogP contribution in [0.25, 0.3) is 11.1 Å². The van der Waals surface area contributed by atoms with Crippen LogP contribution in [0.1, 0.15) is 52.4 Å². The Labute approximate surface area is 175 Å². The fourth-order valence-corrected chi connectivity index (χ4v) is 4.06. The Morgan fingerprint density at radius 3 is 2.30 bits per heavy atom. The summed E-state index contributed by atoms with van der Waals surface area (Å²) in [4.78, 5) is 12.4. The SMILES string of the molecule is CCCC1CCC(C(=O)Oc2ccc(-c3ccc(OCC)c(F)c3F)cc2F)CC1. The summed E-state index contributed by atoms with van der Waals surface area (Å²) in [7, 11) is 0. The van der Waals surface area contributed by atoms with Crippen LogP contribution < -0.4 is 9.47 Å². The predicted molar refractivity (Wildman–Crippen MR) is 109 cm³/mol. The van der Waals surface area contributed by atoms with Crippen LogP contribution in [0.15, 0.2) is 30.3 Å². The molecule has 3 rings (SSSR count). The van der Waals surface area contributed by atoms with Gasteiger partial charge in [-0.2, -0.15) is 4.39 Å². The first-order valence-corrected chi connectivity index (χ1v) is 10.6. The summed E-state index contributed by atoms with van der Waals surface area (Å²) in [6.07, 6.45) is 5.77. The van der Waals surface area contributed by atoms with Crippen molar-refractivity contribution in [2.75, 3.05) is 6.61 Å². The first kappa shape index (κ1) is 22.2. The van der Waals surface area contributed by atoms with E-state index in [1.807, 2.05) is 0 Å². The predicted octanol–water partition coefficient (Wildman–Crippen LogP) is 6.68. The van der Waals surface area contributed by atoms with Crippen molar-refractivity contribution in [3.8, 4) is 22.6 Å². The molecular weight excluding hydrogens is 393 g/mol. The highest BCUT2D eigenvalue weighted by molar-refractivity contribution is 5.76. The van der Waals surface area contributed by atoms with Gasteiger partial charge in [-0.05, 0) is 68.4 Å². The van der Waals surface area contributed by atoms with E-state index in [2.05, 4.69) is 6.92 Å². The smallest absolute Gasteiger partial charge is 0.314 e. The van der Waals surface area contributed by atoms with Gasteiger partial charge in [-0.25, -0.2) is 8.78 Å². The van der Waals surface area contributed by atoms with Gasteiger partial charge in [0.25, 0.3) is 0 Å². The maximum Gasteiger partial charge on any atom is 0.314 e. The molecule has 0 radical (unpaired) electrons. The molecule has 0 unspecified atom stereocenters. The van der Waals surface area contributed by atoms with E-state index in [0.717, 1.165) is 38.2 Å². The maximum absolute atomic E-state index is 14.5. The second-order valence-electron chi connectivity index (χ2n) is 7.74. The highest BCUT2D eigenvalue weighted by Crippen LogP contribution is 2.34. The number of benzene rings is 2. The molecule has 2 aromatic rings. The third-order valence-corrected chi connectivity index (χ3v) is 5.68. The lowest BCUT2D eigenvalue weighted by atomic mass is 9.80. The largest absolute Gasteiger partial charge is 0.491 e. The van der Waals surface area contributed by atoms with Crippen LogP contribution in [-0.2, 0) is 4.79 Å². The van der Waals surface area contributed by atoms with Gasteiger partial charge >= 0.3 is 5.97 Å². The van der Waals surface area contributed by atoms with Crippen molar-refractivity contribution in [3.63, 3.8) is 0 Å². The lowest BCUT2D eigenvalue weighted by molar-refractivity contribution is -0.140. The Hall–Kier alpha value is -2.50. The first-order chi connectivity index (χ1) is 14.4. The second-order valence-corrected chi connectivity index (χ2v) is 7.74. The summed E-state index contributed by atoms with van der Waals surface area (Å²) in [6, 6.07) is 6.36. The number of rotatable bonds is 7. The molecule has 1 saturated carbocycles. The van der Waals surface area contributed by atoms with E-state index >= 15 is 0 Å². The lowest BCUT2D eigenvalue weighted by Gasteiger charge is -2.26. The number of carbonyl (C=O) groups is 1. The van der Waals surface area contributed by atoms with E-state index in [-0.39, 0.29) is 35.2 Å². The number of carbonyl (C=O) groups excluding carboxylic acids is 1. The molecule has 162 valence electrons. The quantitative estimate of drug-likeness (QED) is 0.370. The van der Waals surface area contributed by atoms with Crippen LogP contribution >= 0.6 is 0 Å². The van der Waals surface area contributed by atoms with Gasteiger partial charge in [-0.15, -0.1) is 0 Å². The van der Waals surface area contributed by atoms with Crippen molar-refractivity contribution in [1.82, 2.24) is 0 Å². The van der Waals surface area contributed by atoms with Gasteiger partial charge in [0, 0.05) is 5.56 Å². The van der Waals surface area contributed by atoms with E-state index < -0.39 is 23.4 Å². The zero-order chi connectivity index (χ0) is 21.7. The monoisotopic (exact) mass is 420 g/mol. The average Bonchev–Trinajstić information content (AvgIpc) is 2.74. The summed E-state index contributed by atoms with van der Waals surface area (Å²) in [5, 5.41) is 0. The number of ether oxygens (including phenoxy) is 2. The molecule has 0 spiro atoms. The van der Waals surface area contributed by atoms with Crippen molar-refractivity contribution in [3.05, 3.63) is 47.8 Å². The zero-order valence-corrected chi connectivity index (χ0v) is 17.3. The Morgan fingerprint density at radius 1 is 0.967 bits per heavy atom. The molecular formula is C24H27F3O3. The molecule has 0 N–H and O–H groups in total. The van der Waals surface area contributed by atoms with Crippen LogP contribution in [0.4, 0.5) is 13.2 Å². The standard InChI is InChI=1S/C24H27F3O3/c1-3-5-15-6-8-16(9-7-15)24(28)30-20-12-10-17(14-19(20)25)18-11-13-21(29-4-2)23(27)22(18)26/h10-16H,3-9H2,1-2H3. The van der Waals surface area contributed by atoms with Gasteiger partial charge in [0.2, 0.25) is 5.82 Å². The van der Waals surface area contributed by atoms with Crippen molar-refractivity contribution in [1.29, 1.82) is 0 Å². The molecule has 0 heterocycles. The molecule has 0 aromatic heterocycles. The average molecular weight is 420 g/mol. The van der Waals surface area contributed by atoms with Gasteiger partial charge in [-0.1, -0.05) is 25.8 Å². The highest BCUT2D eigenvalue weighted by atomic mass is 19.2. The zero-order valence-electron chi connectivity index (χ0n) is 17.3. The molecule has 6 heteroatoms.